The molecule has 1 aromatic heterocycles. The molecule has 0 saturated heterocycles. The molecule has 4 nitrogen and oxygen atoms in total. The lowest BCUT2D eigenvalue weighted by Crippen LogP contribution is -1.80. The monoisotopic (exact) mass is 192 g/mol. The summed E-state index contributed by atoms with van der Waals surface area (Å²) in [5, 5.41) is 0. The molecule has 0 saturated carbocycles. The van der Waals surface area contributed by atoms with Crippen molar-refractivity contribution < 1.29 is 9.53 Å². The van der Waals surface area contributed by atoms with E-state index < -0.39 is 0 Å². The zero-order valence-electron chi connectivity index (χ0n) is 6.82. The van der Waals surface area contributed by atoms with Crippen LogP contribution in [0, 0.1) is 0 Å². The maximum atomic E-state index is 9.18. The molecule has 0 radical (unpaired) electrons. The fourth-order valence-corrected chi connectivity index (χ4v) is 0.405. The Labute approximate surface area is 77.5 Å². The fraction of sp³-hybridized carbons (Fsp3) is 0.286. The smallest absolute Gasteiger partial charge is 0.293 e. The van der Waals surface area contributed by atoms with Gasteiger partial charge in [-0.1, -0.05) is 0 Å². The average molecular weight is 193 g/mol. The van der Waals surface area contributed by atoms with Crippen LogP contribution in [0.3, 0.4) is 0 Å². The van der Waals surface area contributed by atoms with Crippen LogP contribution in [0.5, 0.6) is 0 Å². The first-order valence-corrected chi connectivity index (χ1v) is 3.24. The Morgan fingerprint density at radius 3 is 2.50 bits per heavy atom. The van der Waals surface area contributed by atoms with Crippen molar-refractivity contribution in [1.82, 2.24) is 4.98 Å². The van der Waals surface area contributed by atoms with Gasteiger partial charge in [-0.05, 0) is 13.0 Å². The first-order chi connectivity index (χ1) is 5.31. The first kappa shape index (κ1) is 13.4. The van der Waals surface area contributed by atoms with Crippen LogP contribution < -0.4 is 5.73 Å². The number of ether oxygens (including phenoxy) is 1. The van der Waals surface area contributed by atoms with Crippen LogP contribution in [0.25, 0.3) is 0 Å². The molecule has 0 bridgehead atoms. The Hall–Kier alpha value is -1.16. The molecular formula is C7H13ClN2O2. The predicted molar refractivity (Wildman–Crippen MR) is 50.1 cm³/mol. The van der Waals surface area contributed by atoms with Crippen molar-refractivity contribution in [2.24, 2.45) is 0 Å². The highest BCUT2D eigenvalue weighted by Gasteiger charge is 1.73. The quantitative estimate of drug-likeness (QED) is 0.692. The maximum Gasteiger partial charge on any atom is 0.293 e. The number of hydrogen-bond acceptors (Lipinski definition) is 3. The van der Waals surface area contributed by atoms with Crippen LogP contribution in [0.1, 0.15) is 6.92 Å². The minimum atomic E-state index is 0. The van der Waals surface area contributed by atoms with Crippen LogP contribution >= 0.6 is 12.4 Å². The number of aromatic amines is 1. The van der Waals surface area contributed by atoms with Gasteiger partial charge < -0.3 is 15.5 Å². The Bertz CT molecular complexity index is 178. The van der Waals surface area contributed by atoms with Gasteiger partial charge in [0, 0.05) is 18.1 Å². The summed E-state index contributed by atoms with van der Waals surface area (Å²) in [5.74, 6) is 0. The minimum Gasteiger partial charge on any atom is -0.468 e. The van der Waals surface area contributed by atoms with Gasteiger partial charge in [0.15, 0.2) is 0 Å². The lowest BCUT2D eigenvalue weighted by Gasteiger charge is -1.79. The molecule has 70 valence electrons. The third-order valence-corrected chi connectivity index (χ3v) is 0.857. The molecule has 0 aliphatic heterocycles. The molecule has 0 aliphatic rings. The van der Waals surface area contributed by atoms with E-state index >= 15 is 0 Å². The Kier molecular flexibility index (Phi) is 11.0. The molecule has 1 rings (SSSR count). The number of carbonyl (C=O) groups is 1. The molecule has 12 heavy (non-hydrogen) atoms. The van der Waals surface area contributed by atoms with E-state index in [4.69, 9.17) is 5.73 Å². The molecular weight excluding hydrogens is 180 g/mol. The van der Waals surface area contributed by atoms with Crippen molar-refractivity contribution >= 4 is 24.6 Å². The highest BCUT2D eigenvalue weighted by Crippen LogP contribution is 1.92. The number of aromatic nitrogens is 1. The standard InChI is InChI=1S/C4H6N2.C3H6O2.ClH/c5-4-1-2-6-3-4;1-2-5-3-4;/h1-3,6H,5H2;3H,2H2,1H3;1H. The Morgan fingerprint density at radius 2 is 2.42 bits per heavy atom. The molecule has 1 heterocycles. The van der Waals surface area contributed by atoms with E-state index in [2.05, 4.69) is 9.72 Å². The Morgan fingerprint density at radius 1 is 1.75 bits per heavy atom. The summed E-state index contributed by atoms with van der Waals surface area (Å²) in [5.41, 5.74) is 6.03. The normalized spacial score (nSPS) is 7.08. The van der Waals surface area contributed by atoms with Crippen molar-refractivity contribution in [3.63, 3.8) is 0 Å². The van der Waals surface area contributed by atoms with Gasteiger partial charge in [-0.15, -0.1) is 12.4 Å². The number of H-pyrrole nitrogens is 1. The SMILES string of the molecule is CCOC=O.Cl.Nc1cc[nH]c1. The number of nitrogen functional groups attached to an aromatic ring is 1. The molecule has 3 N–H and O–H groups in total. The summed E-state index contributed by atoms with van der Waals surface area (Å²) in [6.07, 6.45) is 3.52. The van der Waals surface area contributed by atoms with Crippen molar-refractivity contribution in [2.45, 2.75) is 6.92 Å². The number of halogens is 1. The Balaban J connectivity index is 0. The van der Waals surface area contributed by atoms with Crippen LogP contribution in [-0.2, 0) is 9.53 Å². The van der Waals surface area contributed by atoms with E-state index in [0.29, 0.717) is 13.1 Å². The highest BCUT2D eigenvalue weighted by molar-refractivity contribution is 5.85. The van der Waals surface area contributed by atoms with Gasteiger partial charge in [0.05, 0.1) is 6.61 Å². The summed E-state index contributed by atoms with van der Waals surface area (Å²) in [4.78, 5) is 12.0. The molecule has 0 spiro atoms. The van der Waals surface area contributed by atoms with Gasteiger partial charge in [-0.2, -0.15) is 0 Å². The second-order valence-electron chi connectivity index (χ2n) is 1.70. The second kappa shape index (κ2) is 9.84. The van der Waals surface area contributed by atoms with Crippen LogP contribution in [0.2, 0.25) is 0 Å². The van der Waals surface area contributed by atoms with Gasteiger partial charge in [0.25, 0.3) is 6.47 Å². The molecule has 0 unspecified atom stereocenters. The number of anilines is 1. The number of nitrogens with two attached hydrogens (primary N) is 1. The molecule has 5 heteroatoms. The third-order valence-electron chi connectivity index (χ3n) is 0.857. The summed E-state index contributed by atoms with van der Waals surface area (Å²) in [6, 6.07) is 1.81. The molecule has 1 aromatic rings. The highest BCUT2D eigenvalue weighted by atomic mass is 35.5. The largest absolute Gasteiger partial charge is 0.468 e. The number of rotatable bonds is 2. The number of nitrogens with one attached hydrogen (secondary N) is 1. The van der Waals surface area contributed by atoms with Crippen molar-refractivity contribution in [2.75, 3.05) is 12.3 Å². The molecule has 0 aliphatic carbocycles. The summed E-state index contributed by atoms with van der Waals surface area (Å²) in [7, 11) is 0. The van der Waals surface area contributed by atoms with E-state index in [9.17, 15) is 4.79 Å². The van der Waals surface area contributed by atoms with E-state index in [0.717, 1.165) is 5.69 Å². The summed E-state index contributed by atoms with van der Waals surface area (Å²) in [6.45, 7) is 2.66. The van der Waals surface area contributed by atoms with Gasteiger partial charge in [0.1, 0.15) is 0 Å². The average Bonchev–Trinajstić information content (AvgIpc) is 2.43. The number of hydrogen-bond donors (Lipinski definition) is 2. The van der Waals surface area contributed by atoms with E-state index in [1.54, 1.807) is 25.4 Å². The van der Waals surface area contributed by atoms with Gasteiger partial charge in [0.2, 0.25) is 0 Å². The van der Waals surface area contributed by atoms with Crippen molar-refractivity contribution in [3.05, 3.63) is 18.5 Å². The van der Waals surface area contributed by atoms with Crippen molar-refractivity contribution in [1.29, 1.82) is 0 Å². The maximum absolute atomic E-state index is 9.18. The van der Waals surface area contributed by atoms with Gasteiger partial charge in [-0.3, -0.25) is 4.79 Å². The fourth-order valence-electron chi connectivity index (χ4n) is 0.405. The van der Waals surface area contributed by atoms with Gasteiger partial charge in [-0.25, -0.2) is 0 Å². The van der Waals surface area contributed by atoms with Crippen LogP contribution in [0.4, 0.5) is 5.69 Å². The van der Waals surface area contributed by atoms with E-state index in [1.165, 1.54) is 0 Å². The number of carbonyl (C=O) groups excluding carboxylic acids is 1. The minimum absolute atomic E-state index is 0. The second-order valence-corrected chi connectivity index (χ2v) is 1.70. The zero-order valence-corrected chi connectivity index (χ0v) is 7.64. The molecule has 0 fully saturated rings. The predicted octanol–water partition coefficient (Wildman–Crippen LogP) is 1.20. The van der Waals surface area contributed by atoms with E-state index in [1.807, 2.05) is 0 Å². The lowest BCUT2D eigenvalue weighted by atomic mass is 10.6. The third kappa shape index (κ3) is 8.84. The lowest BCUT2D eigenvalue weighted by molar-refractivity contribution is -0.128. The summed E-state index contributed by atoms with van der Waals surface area (Å²) >= 11 is 0. The van der Waals surface area contributed by atoms with Gasteiger partial charge >= 0.3 is 0 Å². The van der Waals surface area contributed by atoms with Crippen LogP contribution in [0.15, 0.2) is 18.5 Å². The van der Waals surface area contributed by atoms with Crippen molar-refractivity contribution in [3.8, 4) is 0 Å². The zero-order chi connectivity index (χ0) is 8.53. The van der Waals surface area contributed by atoms with E-state index in [-0.39, 0.29) is 12.4 Å². The summed E-state index contributed by atoms with van der Waals surface area (Å²) < 4.78 is 4.15. The molecule has 0 aromatic carbocycles. The first-order valence-electron chi connectivity index (χ1n) is 3.24. The van der Waals surface area contributed by atoms with Crippen LogP contribution in [-0.4, -0.2) is 18.1 Å². The molecule has 0 amide bonds. The molecule has 0 atom stereocenters. The topological polar surface area (TPSA) is 68.1 Å².